The van der Waals surface area contributed by atoms with E-state index in [9.17, 15) is 23.9 Å². The first-order chi connectivity index (χ1) is 17.8. The lowest BCUT2D eigenvalue weighted by molar-refractivity contribution is -0.150. The number of halogens is 2. The summed E-state index contributed by atoms with van der Waals surface area (Å²) in [6.45, 7) is 1.93. The summed E-state index contributed by atoms with van der Waals surface area (Å²) in [5.41, 5.74) is 7.93. The first-order valence-electron chi connectivity index (χ1n) is 11.8. The predicted molar refractivity (Wildman–Crippen MR) is 138 cm³/mol. The predicted octanol–water partition coefficient (Wildman–Crippen LogP) is 0.670. The molecule has 3 heterocycles. The summed E-state index contributed by atoms with van der Waals surface area (Å²) in [4.78, 5) is 45.7. The van der Waals surface area contributed by atoms with Crippen molar-refractivity contribution in [1.82, 2.24) is 4.90 Å². The van der Waals surface area contributed by atoms with Crippen molar-refractivity contribution in [2.75, 3.05) is 49.7 Å². The molecule has 11 nitrogen and oxygen atoms in total. The van der Waals surface area contributed by atoms with Gasteiger partial charge in [-0.3, -0.25) is 19.4 Å². The van der Waals surface area contributed by atoms with Gasteiger partial charge in [0.15, 0.2) is 12.2 Å². The van der Waals surface area contributed by atoms with Crippen molar-refractivity contribution in [2.45, 2.75) is 18.8 Å². The molecule has 2 aromatic carbocycles. The fourth-order valence-corrected chi connectivity index (χ4v) is 4.53. The van der Waals surface area contributed by atoms with E-state index in [1.807, 2.05) is 0 Å². The minimum absolute atomic E-state index is 0. The third-order valence-electron chi connectivity index (χ3n) is 6.54. The average molecular weight is 548 g/mol. The van der Waals surface area contributed by atoms with Gasteiger partial charge in [0.2, 0.25) is 0 Å². The molecule has 0 spiro atoms. The third kappa shape index (κ3) is 5.34. The number of aliphatic imine (C=N–C) groups is 1. The Balaban J connectivity index is 0.00000336. The number of amides is 3. The minimum atomic E-state index is -1.81. The van der Waals surface area contributed by atoms with Gasteiger partial charge >= 0.3 is 0 Å². The Labute approximate surface area is 223 Å². The number of benzene rings is 2. The normalized spacial score (nSPS) is 19.8. The zero-order valence-electron chi connectivity index (χ0n) is 20.3. The Bertz CT molecular complexity index is 1280. The van der Waals surface area contributed by atoms with E-state index in [4.69, 9.17) is 15.2 Å². The van der Waals surface area contributed by atoms with E-state index in [1.165, 1.54) is 21.9 Å². The summed E-state index contributed by atoms with van der Waals surface area (Å²) < 4.78 is 25.2. The number of carbonyl (C=O) groups is 3. The van der Waals surface area contributed by atoms with Crippen LogP contribution in [0.25, 0.3) is 0 Å². The van der Waals surface area contributed by atoms with Crippen molar-refractivity contribution < 1.29 is 33.4 Å². The van der Waals surface area contributed by atoms with Crippen molar-refractivity contribution in [2.24, 2.45) is 10.7 Å². The number of aliphatic hydroxyl groups is 1. The number of carbonyl (C=O) groups excluding carboxylic acids is 3. The van der Waals surface area contributed by atoms with E-state index in [-0.39, 0.29) is 36.8 Å². The number of rotatable bonds is 5. The molecule has 0 saturated carbocycles. The van der Waals surface area contributed by atoms with E-state index in [2.05, 4.69) is 10.3 Å². The second-order valence-corrected chi connectivity index (χ2v) is 8.86. The molecule has 0 aliphatic carbocycles. The van der Waals surface area contributed by atoms with E-state index in [1.54, 1.807) is 18.2 Å². The SMILES string of the molecule is Cl.NC1=NCc2cc(NC(=O)[C@H](O)[C@H]3OCCN(c4ccc(F)c(C(=O)N5CCOCC5)c4)C3=O)ccc21. The highest BCUT2D eigenvalue weighted by Gasteiger charge is 2.40. The van der Waals surface area contributed by atoms with Crippen LogP contribution in [0.5, 0.6) is 0 Å². The molecule has 0 aromatic heterocycles. The fourth-order valence-electron chi connectivity index (χ4n) is 4.53. The number of ether oxygens (including phenoxy) is 2. The highest BCUT2D eigenvalue weighted by Crippen LogP contribution is 2.25. The van der Waals surface area contributed by atoms with Crippen LogP contribution < -0.4 is 16.0 Å². The maximum absolute atomic E-state index is 14.5. The van der Waals surface area contributed by atoms with Gasteiger partial charge in [-0.2, -0.15) is 0 Å². The topological polar surface area (TPSA) is 147 Å². The molecule has 3 aliphatic heterocycles. The first-order valence-corrected chi connectivity index (χ1v) is 11.8. The van der Waals surface area contributed by atoms with Crippen molar-refractivity contribution in [3.05, 3.63) is 58.9 Å². The molecule has 4 N–H and O–H groups in total. The van der Waals surface area contributed by atoms with Gasteiger partial charge in [0.05, 0.1) is 31.9 Å². The summed E-state index contributed by atoms with van der Waals surface area (Å²) in [5, 5.41) is 13.3. The summed E-state index contributed by atoms with van der Waals surface area (Å²) >= 11 is 0. The number of nitrogens with zero attached hydrogens (tertiary/aromatic N) is 3. The summed E-state index contributed by atoms with van der Waals surface area (Å²) in [7, 11) is 0. The van der Waals surface area contributed by atoms with Crippen LogP contribution in [0.4, 0.5) is 15.8 Å². The molecule has 38 heavy (non-hydrogen) atoms. The Hall–Kier alpha value is -3.58. The van der Waals surface area contributed by atoms with Gasteiger partial charge < -0.3 is 35.4 Å². The first kappa shape index (κ1) is 27.5. The van der Waals surface area contributed by atoms with Crippen LogP contribution >= 0.6 is 12.4 Å². The average Bonchev–Trinajstić information content (AvgIpc) is 3.28. The van der Waals surface area contributed by atoms with Crippen molar-refractivity contribution in [3.8, 4) is 0 Å². The fraction of sp³-hybridized carbons (Fsp3) is 0.360. The lowest BCUT2D eigenvalue weighted by atomic mass is 10.1. The molecule has 5 rings (SSSR count). The molecule has 13 heteroatoms. The van der Waals surface area contributed by atoms with Crippen LogP contribution in [0, 0.1) is 5.82 Å². The highest BCUT2D eigenvalue weighted by atomic mass is 35.5. The Kier molecular flexibility index (Phi) is 8.26. The number of hydrogen-bond acceptors (Lipinski definition) is 8. The number of morpholine rings is 2. The smallest absolute Gasteiger partial charge is 0.259 e. The van der Waals surface area contributed by atoms with Gasteiger partial charge in [0.25, 0.3) is 17.7 Å². The number of fused-ring (bicyclic) bond motifs is 1. The Morgan fingerprint density at radius 1 is 1.13 bits per heavy atom. The zero-order chi connectivity index (χ0) is 26.1. The van der Waals surface area contributed by atoms with Crippen LogP contribution in [0.15, 0.2) is 41.4 Å². The van der Waals surface area contributed by atoms with Gasteiger partial charge in [0.1, 0.15) is 11.7 Å². The largest absolute Gasteiger partial charge is 0.383 e. The zero-order valence-corrected chi connectivity index (χ0v) is 21.1. The standard InChI is InChI=1S/C25H26FN5O6.ClH/c26-19-4-2-16(12-18(19)24(34)30-5-8-36-9-6-30)31-7-10-37-21(25(31)35)20(32)23(33)29-15-1-3-17-14(11-15)13-28-22(17)27;/h1-4,11-12,20-21,32H,5-10,13H2,(H2,27,28)(H,29,33);1H/t20-,21-;/m1./s1. The van der Waals surface area contributed by atoms with E-state index in [0.717, 1.165) is 17.2 Å². The van der Waals surface area contributed by atoms with Gasteiger partial charge in [-0.25, -0.2) is 4.39 Å². The number of nitrogens with one attached hydrogen (secondary N) is 1. The van der Waals surface area contributed by atoms with Gasteiger partial charge in [-0.15, -0.1) is 12.4 Å². The molecule has 0 unspecified atom stereocenters. The van der Waals surface area contributed by atoms with Gasteiger partial charge in [0, 0.05) is 36.6 Å². The molecule has 2 atom stereocenters. The van der Waals surface area contributed by atoms with Crippen molar-refractivity contribution in [1.29, 1.82) is 0 Å². The van der Waals surface area contributed by atoms with E-state index < -0.39 is 35.7 Å². The van der Waals surface area contributed by atoms with Gasteiger partial charge in [-0.05, 0) is 42.0 Å². The molecular formula is C25H27ClFN5O6. The lowest BCUT2D eigenvalue weighted by Crippen LogP contribution is -2.55. The molecule has 202 valence electrons. The lowest BCUT2D eigenvalue weighted by Gasteiger charge is -2.34. The van der Waals surface area contributed by atoms with Crippen LogP contribution in [-0.2, 0) is 25.6 Å². The van der Waals surface area contributed by atoms with Crippen LogP contribution in [0.2, 0.25) is 0 Å². The molecule has 2 saturated heterocycles. The highest BCUT2D eigenvalue weighted by molar-refractivity contribution is 6.05. The van der Waals surface area contributed by atoms with Crippen LogP contribution in [-0.4, -0.2) is 85.2 Å². The third-order valence-corrected chi connectivity index (χ3v) is 6.54. The minimum Gasteiger partial charge on any atom is -0.383 e. The quantitative estimate of drug-likeness (QED) is 0.498. The van der Waals surface area contributed by atoms with Crippen LogP contribution in [0.1, 0.15) is 21.5 Å². The Morgan fingerprint density at radius 3 is 2.66 bits per heavy atom. The van der Waals surface area contributed by atoms with Crippen LogP contribution in [0.3, 0.4) is 0 Å². The maximum atomic E-state index is 14.5. The van der Waals surface area contributed by atoms with E-state index >= 15 is 0 Å². The van der Waals surface area contributed by atoms with Crippen molar-refractivity contribution in [3.63, 3.8) is 0 Å². The molecule has 3 aliphatic rings. The number of amidine groups is 1. The molecular weight excluding hydrogens is 521 g/mol. The second kappa shape index (κ2) is 11.4. The number of anilines is 2. The molecule has 2 aromatic rings. The summed E-state index contributed by atoms with van der Waals surface area (Å²) in [6.07, 6.45) is -3.29. The Morgan fingerprint density at radius 2 is 1.89 bits per heavy atom. The molecule has 2 fully saturated rings. The number of aliphatic hydroxyl groups excluding tert-OH is 1. The van der Waals surface area contributed by atoms with E-state index in [0.29, 0.717) is 44.4 Å². The monoisotopic (exact) mass is 547 g/mol. The number of nitrogens with two attached hydrogens (primary N) is 1. The maximum Gasteiger partial charge on any atom is 0.259 e. The van der Waals surface area contributed by atoms with Crippen molar-refractivity contribution >= 4 is 47.3 Å². The molecule has 3 amide bonds. The summed E-state index contributed by atoms with van der Waals surface area (Å²) in [6, 6.07) is 8.84. The molecule has 0 radical (unpaired) electrons. The van der Waals surface area contributed by atoms with Gasteiger partial charge in [-0.1, -0.05) is 0 Å². The number of hydrogen-bond donors (Lipinski definition) is 3. The summed E-state index contributed by atoms with van der Waals surface area (Å²) in [5.74, 6) is -2.29. The molecule has 0 bridgehead atoms. The second-order valence-electron chi connectivity index (χ2n) is 8.86.